The van der Waals surface area contributed by atoms with Crippen molar-refractivity contribution in [2.75, 3.05) is 81.8 Å². The Balaban J connectivity index is 1.54. The smallest absolute Gasteiger partial charge is 0.265 e. The van der Waals surface area contributed by atoms with E-state index in [-0.39, 0.29) is 28.9 Å². The number of ether oxygens (including phenoxy) is 3. The molecule has 182 valence electrons. The summed E-state index contributed by atoms with van der Waals surface area (Å²) >= 11 is 0. The van der Waals surface area contributed by atoms with Crippen LogP contribution in [0.25, 0.3) is 0 Å². The summed E-state index contributed by atoms with van der Waals surface area (Å²) < 4.78 is 78.0. The van der Waals surface area contributed by atoms with Gasteiger partial charge >= 0.3 is 0 Å². The van der Waals surface area contributed by atoms with Gasteiger partial charge in [0.1, 0.15) is 11.5 Å². The van der Waals surface area contributed by atoms with Crippen LogP contribution in [0.5, 0.6) is 11.5 Å². The van der Waals surface area contributed by atoms with Crippen LogP contribution in [0.1, 0.15) is 21.5 Å². The Bertz CT molecular complexity index is 1320. The van der Waals surface area contributed by atoms with Crippen LogP contribution in [-0.4, -0.2) is 83.5 Å². The molecule has 2 fully saturated rings. The van der Waals surface area contributed by atoms with Crippen LogP contribution in [0.15, 0.2) is 36.4 Å². The van der Waals surface area contributed by atoms with Crippen molar-refractivity contribution >= 4 is 23.0 Å². The zero-order valence-electron chi connectivity index (χ0n) is 26.4. The number of nitrogens with zero attached hydrogens (tertiary/aromatic N) is 3. The number of anilines is 3. The summed E-state index contributed by atoms with van der Waals surface area (Å²) in [6.45, 7) is 4.78. The number of carbonyl (C=O) groups excluding carboxylic acids is 1. The molecule has 0 saturated carbocycles. The van der Waals surface area contributed by atoms with Gasteiger partial charge in [-0.25, -0.2) is 0 Å². The average Bonchev–Trinajstić information content (AvgIpc) is 2.94. The van der Waals surface area contributed by atoms with Gasteiger partial charge in [-0.3, -0.25) is 4.79 Å². The van der Waals surface area contributed by atoms with Crippen LogP contribution in [0.3, 0.4) is 0 Å². The Labute approximate surface area is 211 Å². The molecule has 0 bridgehead atoms. The third-order valence-electron chi connectivity index (χ3n) is 6.15. The first-order valence-corrected chi connectivity index (χ1v) is 11.4. The lowest BCUT2D eigenvalue weighted by molar-refractivity contribution is -0.123. The number of piperazine rings is 1. The SMILES string of the molecule is [2H]c1c(OC)c([2H])c2c(c1N1CCN(C)CC1)OC([2H])(C(=O)Nc1ccc(N3CCOCC3)cc1)C([2H])([2H])C2([2H])[2H]. The van der Waals surface area contributed by atoms with Crippen molar-refractivity contribution in [3.63, 3.8) is 0 Å². The Morgan fingerprint density at radius 2 is 1.85 bits per heavy atom. The molecule has 1 N–H and O–H groups in total. The van der Waals surface area contributed by atoms with Crippen molar-refractivity contribution in [3.8, 4) is 11.5 Å². The van der Waals surface area contributed by atoms with Crippen molar-refractivity contribution in [2.24, 2.45) is 0 Å². The molecule has 8 nitrogen and oxygen atoms in total. The van der Waals surface area contributed by atoms with Crippen LogP contribution in [0.2, 0.25) is 0 Å². The molecule has 1 atom stereocenters. The number of hydrogen-bond donors (Lipinski definition) is 1. The number of nitrogens with one attached hydrogen (secondary N) is 1. The largest absolute Gasteiger partial charge is 0.497 e. The minimum absolute atomic E-state index is 0.0691. The van der Waals surface area contributed by atoms with Gasteiger partial charge in [0.05, 0.1) is 30.1 Å². The number of hydrogen-bond acceptors (Lipinski definition) is 7. The molecule has 0 radical (unpaired) electrons. The highest BCUT2D eigenvalue weighted by atomic mass is 16.5. The van der Waals surface area contributed by atoms with Crippen LogP contribution in [-0.2, 0) is 15.9 Å². The molecule has 2 saturated heterocycles. The highest BCUT2D eigenvalue weighted by molar-refractivity contribution is 5.95. The second kappa shape index (κ2) is 10.1. The standard InChI is InChI=1S/C26H34N4O4/c1-28-9-11-30(12-10-28)23-18-22(32-2)17-19-3-8-24(34-25(19)23)26(31)27-20-4-6-21(7-5-20)29-13-15-33-16-14-29/h4-7,17-18,24H,3,8-16H2,1-2H3,(H,27,31)/i3D2,8D2,17D,18D,24D. The van der Waals surface area contributed by atoms with E-state index in [0.717, 1.165) is 18.8 Å². The Morgan fingerprint density at radius 3 is 2.56 bits per heavy atom. The first-order valence-electron chi connectivity index (χ1n) is 14.9. The maximum absolute atomic E-state index is 13.6. The molecule has 3 aliphatic rings. The zero-order valence-corrected chi connectivity index (χ0v) is 19.4. The van der Waals surface area contributed by atoms with E-state index in [2.05, 4.69) is 15.1 Å². The fraction of sp³-hybridized carbons (Fsp3) is 0.500. The summed E-state index contributed by atoms with van der Waals surface area (Å²) in [5.74, 6) is -1.81. The quantitative estimate of drug-likeness (QED) is 0.716. The van der Waals surface area contributed by atoms with Crippen LogP contribution in [0.4, 0.5) is 17.1 Å². The van der Waals surface area contributed by atoms with Crippen LogP contribution >= 0.6 is 0 Å². The van der Waals surface area contributed by atoms with Gasteiger partial charge in [-0.05, 0) is 50.1 Å². The fourth-order valence-electron chi connectivity index (χ4n) is 4.14. The van der Waals surface area contributed by atoms with Gasteiger partial charge in [0.15, 0.2) is 6.08 Å². The van der Waals surface area contributed by atoms with Gasteiger partial charge < -0.3 is 34.2 Å². The molecule has 8 heteroatoms. The maximum Gasteiger partial charge on any atom is 0.265 e. The number of morpholine rings is 1. The molecule has 2 aromatic carbocycles. The van der Waals surface area contributed by atoms with E-state index >= 15 is 0 Å². The summed E-state index contributed by atoms with van der Waals surface area (Å²) in [7, 11) is 3.20. The van der Waals surface area contributed by atoms with Crippen molar-refractivity contribution in [3.05, 3.63) is 41.9 Å². The molecule has 5 rings (SSSR count). The van der Waals surface area contributed by atoms with Gasteiger partial charge in [-0.15, -0.1) is 0 Å². The number of carbonyl (C=O) groups is 1. The van der Waals surface area contributed by atoms with Crippen molar-refractivity contribution in [1.29, 1.82) is 0 Å². The summed E-state index contributed by atoms with van der Waals surface area (Å²) in [6.07, 6.45) is -9.37. The highest BCUT2D eigenvalue weighted by Crippen LogP contribution is 2.41. The number of rotatable bonds is 5. The Kier molecular flexibility index (Phi) is 4.71. The molecular weight excluding hydrogens is 432 g/mol. The highest BCUT2D eigenvalue weighted by Gasteiger charge is 2.31. The maximum atomic E-state index is 13.6. The molecule has 3 heterocycles. The number of likely N-dealkylation sites (N-methyl/N-ethyl adjacent to an activating group) is 1. The van der Waals surface area contributed by atoms with Crippen molar-refractivity contribution in [2.45, 2.75) is 18.8 Å². The lowest BCUT2D eigenvalue weighted by atomic mass is 9.99. The fourth-order valence-corrected chi connectivity index (χ4v) is 4.14. The summed E-state index contributed by atoms with van der Waals surface area (Å²) in [5, 5.41) is 2.52. The van der Waals surface area contributed by atoms with Crippen molar-refractivity contribution in [1.82, 2.24) is 4.90 Å². The molecule has 3 aliphatic heterocycles. The second-order valence-corrected chi connectivity index (χ2v) is 8.41. The van der Waals surface area contributed by atoms with Crippen LogP contribution < -0.4 is 24.6 Å². The van der Waals surface area contributed by atoms with Gasteiger partial charge in [0.25, 0.3) is 5.91 Å². The van der Waals surface area contributed by atoms with E-state index in [1.165, 1.54) is 7.11 Å². The van der Waals surface area contributed by atoms with Gasteiger partial charge in [-0.2, -0.15) is 0 Å². The third-order valence-corrected chi connectivity index (χ3v) is 6.15. The molecule has 2 aromatic rings. The van der Waals surface area contributed by atoms with E-state index in [9.17, 15) is 4.79 Å². The first-order chi connectivity index (χ1) is 19.3. The lowest BCUT2D eigenvalue weighted by Gasteiger charge is -2.37. The third kappa shape index (κ3) is 4.93. The van der Waals surface area contributed by atoms with Gasteiger partial charge in [0.2, 0.25) is 0 Å². The topological polar surface area (TPSA) is 66.5 Å². The summed E-state index contributed by atoms with van der Waals surface area (Å²) in [4.78, 5) is 19.6. The molecule has 1 amide bonds. The number of fused-ring (bicyclic) bond motifs is 1. The predicted octanol–water partition coefficient (Wildman–Crippen LogP) is 2.62. The van der Waals surface area contributed by atoms with E-state index < -0.39 is 36.3 Å². The average molecular weight is 474 g/mol. The molecule has 34 heavy (non-hydrogen) atoms. The summed E-state index contributed by atoms with van der Waals surface area (Å²) in [5.41, 5.74) is 0.772. The normalized spacial score (nSPS) is 29.1. The zero-order chi connectivity index (χ0) is 29.7. The second-order valence-electron chi connectivity index (χ2n) is 8.41. The van der Waals surface area contributed by atoms with E-state index in [1.54, 1.807) is 29.2 Å². The van der Waals surface area contributed by atoms with Gasteiger partial charge in [-0.1, -0.05) is 0 Å². The van der Waals surface area contributed by atoms with Crippen LogP contribution in [0, 0.1) is 0 Å². The Morgan fingerprint density at radius 1 is 1.12 bits per heavy atom. The molecule has 0 spiro atoms. The molecular formula is C26H34N4O4. The lowest BCUT2D eigenvalue weighted by Crippen LogP contribution is -2.45. The first kappa shape index (κ1) is 15.8. The minimum atomic E-state index is -3.24. The van der Waals surface area contributed by atoms with E-state index in [4.69, 9.17) is 23.8 Å². The number of methoxy groups -OCH3 is 1. The summed E-state index contributed by atoms with van der Waals surface area (Å²) in [6, 6.07) is 6.02. The van der Waals surface area contributed by atoms with Crippen molar-refractivity contribution < 1.29 is 28.6 Å². The van der Waals surface area contributed by atoms with E-state index in [0.29, 0.717) is 39.4 Å². The molecule has 0 aliphatic carbocycles. The van der Waals surface area contributed by atoms with E-state index in [1.807, 2.05) is 7.05 Å². The monoisotopic (exact) mass is 473 g/mol. The number of amides is 1. The van der Waals surface area contributed by atoms with Gasteiger partial charge in [0, 0.05) is 67.7 Å². The molecule has 1 unspecified atom stereocenters. The minimum Gasteiger partial charge on any atom is -0.497 e. The molecule has 0 aromatic heterocycles. The predicted molar refractivity (Wildman–Crippen MR) is 134 cm³/mol. The number of benzene rings is 2. The Hall–Kier alpha value is -2.97.